The molecule has 0 aliphatic carbocycles. The van der Waals surface area contributed by atoms with E-state index in [9.17, 15) is 8.42 Å². The maximum absolute atomic E-state index is 11.7. The van der Waals surface area contributed by atoms with Crippen LogP contribution in [0.25, 0.3) is 0 Å². The molecule has 0 aliphatic heterocycles. The minimum absolute atomic E-state index is 0.0885. The van der Waals surface area contributed by atoms with E-state index in [1.165, 1.54) is 11.2 Å². The second-order valence-corrected chi connectivity index (χ2v) is 4.84. The SMILES string of the molecule is CNCc1cn[nH]c1S(=O)(=O)NN(C)C. The third-order valence-electron chi connectivity index (χ3n) is 1.62. The average Bonchev–Trinajstić information content (AvgIpc) is 2.51. The van der Waals surface area contributed by atoms with E-state index >= 15 is 0 Å². The molecule has 0 saturated carbocycles. The zero-order valence-electron chi connectivity index (χ0n) is 8.90. The molecule has 0 aliphatic rings. The van der Waals surface area contributed by atoms with Gasteiger partial charge in [-0.15, -0.1) is 4.83 Å². The van der Waals surface area contributed by atoms with Crippen molar-refractivity contribution in [1.29, 1.82) is 0 Å². The summed E-state index contributed by atoms with van der Waals surface area (Å²) in [5.41, 5.74) is 0.604. The fraction of sp³-hybridized carbons (Fsp3) is 0.571. The summed E-state index contributed by atoms with van der Waals surface area (Å²) in [4.78, 5) is 2.33. The molecule has 86 valence electrons. The Hall–Kier alpha value is -0.960. The van der Waals surface area contributed by atoms with Crippen molar-refractivity contribution in [2.75, 3.05) is 21.1 Å². The summed E-state index contributed by atoms with van der Waals surface area (Å²) < 4.78 is 23.5. The number of H-pyrrole nitrogens is 1. The molecule has 15 heavy (non-hydrogen) atoms. The predicted molar refractivity (Wildman–Crippen MR) is 55.4 cm³/mol. The van der Waals surface area contributed by atoms with Gasteiger partial charge in [0, 0.05) is 26.2 Å². The normalized spacial score (nSPS) is 12.3. The molecule has 1 heterocycles. The van der Waals surface area contributed by atoms with Gasteiger partial charge in [-0.3, -0.25) is 5.10 Å². The molecule has 0 fully saturated rings. The molecule has 1 aromatic heterocycles. The van der Waals surface area contributed by atoms with Crippen LogP contribution >= 0.6 is 0 Å². The molecule has 0 aromatic carbocycles. The molecule has 1 aromatic rings. The number of hydrogen-bond acceptors (Lipinski definition) is 5. The first kappa shape index (κ1) is 12.1. The standard InChI is InChI=1S/C7H15N5O2S/c1-8-4-6-5-9-10-7(6)15(13,14)11-12(2)3/h5,8,11H,4H2,1-3H3,(H,9,10). The number of hydrazine groups is 1. The van der Waals surface area contributed by atoms with Gasteiger partial charge in [0.05, 0.1) is 6.20 Å². The molecule has 0 amide bonds. The molecule has 0 unspecified atom stereocenters. The Morgan fingerprint density at radius 2 is 2.20 bits per heavy atom. The van der Waals surface area contributed by atoms with Crippen LogP contribution in [0.1, 0.15) is 5.56 Å². The van der Waals surface area contributed by atoms with Crippen LogP contribution in [0.15, 0.2) is 11.2 Å². The van der Waals surface area contributed by atoms with E-state index in [1.54, 1.807) is 21.1 Å². The lowest BCUT2D eigenvalue weighted by Gasteiger charge is -2.12. The number of aromatic nitrogens is 2. The highest BCUT2D eigenvalue weighted by Gasteiger charge is 2.20. The summed E-state index contributed by atoms with van der Waals surface area (Å²) in [5.74, 6) is 0. The van der Waals surface area contributed by atoms with Crippen molar-refractivity contribution >= 4 is 10.0 Å². The van der Waals surface area contributed by atoms with E-state index in [2.05, 4.69) is 20.3 Å². The van der Waals surface area contributed by atoms with Crippen LogP contribution in [-0.2, 0) is 16.6 Å². The molecular formula is C7H15N5O2S. The van der Waals surface area contributed by atoms with Crippen LogP contribution in [0.2, 0.25) is 0 Å². The van der Waals surface area contributed by atoms with E-state index in [0.29, 0.717) is 12.1 Å². The number of rotatable bonds is 5. The van der Waals surface area contributed by atoms with Crippen LogP contribution in [0.4, 0.5) is 0 Å². The Kier molecular flexibility index (Phi) is 3.80. The van der Waals surface area contributed by atoms with Crippen molar-refractivity contribution < 1.29 is 8.42 Å². The Morgan fingerprint density at radius 3 is 2.73 bits per heavy atom. The molecule has 0 bridgehead atoms. The van der Waals surface area contributed by atoms with Gasteiger partial charge in [-0.25, -0.2) is 13.4 Å². The second kappa shape index (κ2) is 4.71. The fourth-order valence-corrected chi connectivity index (χ4v) is 2.35. The van der Waals surface area contributed by atoms with Gasteiger partial charge in [-0.05, 0) is 7.05 Å². The Bertz CT molecular complexity index is 411. The van der Waals surface area contributed by atoms with Gasteiger partial charge in [-0.1, -0.05) is 0 Å². The van der Waals surface area contributed by atoms with Crippen LogP contribution < -0.4 is 10.1 Å². The van der Waals surface area contributed by atoms with Crippen molar-refractivity contribution in [2.45, 2.75) is 11.6 Å². The minimum Gasteiger partial charge on any atom is -0.316 e. The highest BCUT2D eigenvalue weighted by Crippen LogP contribution is 2.10. The van der Waals surface area contributed by atoms with Crippen LogP contribution in [0, 0.1) is 0 Å². The Morgan fingerprint density at radius 1 is 1.53 bits per heavy atom. The lowest BCUT2D eigenvalue weighted by Crippen LogP contribution is -2.36. The molecule has 0 spiro atoms. The molecule has 0 atom stereocenters. The third kappa shape index (κ3) is 2.99. The molecular weight excluding hydrogens is 218 g/mol. The topological polar surface area (TPSA) is 90.1 Å². The number of nitrogens with zero attached hydrogens (tertiary/aromatic N) is 2. The molecule has 0 radical (unpaired) electrons. The van der Waals surface area contributed by atoms with Crippen molar-refractivity contribution in [1.82, 2.24) is 25.4 Å². The minimum atomic E-state index is -3.55. The highest BCUT2D eigenvalue weighted by molar-refractivity contribution is 7.89. The van der Waals surface area contributed by atoms with Gasteiger partial charge in [0.2, 0.25) is 0 Å². The number of aromatic amines is 1. The van der Waals surface area contributed by atoms with Gasteiger partial charge in [0.25, 0.3) is 10.0 Å². The van der Waals surface area contributed by atoms with E-state index in [0.717, 1.165) is 0 Å². The van der Waals surface area contributed by atoms with Gasteiger partial charge in [0.1, 0.15) is 0 Å². The first-order valence-corrected chi connectivity index (χ1v) is 5.82. The molecule has 1 rings (SSSR count). The van der Waals surface area contributed by atoms with Crippen LogP contribution in [0.3, 0.4) is 0 Å². The lowest BCUT2D eigenvalue weighted by molar-refractivity contribution is 0.363. The monoisotopic (exact) mass is 233 g/mol. The first-order valence-electron chi connectivity index (χ1n) is 4.34. The quantitative estimate of drug-likeness (QED) is 0.561. The zero-order valence-corrected chi connectivity index (χ0v) is 9.72. The van der Waals surface area contributed by atoms with Crippen molar-refractivity contribution in [3.8, 4) is 0 Å². The maximum atomic E-state index is 11.7. The number of nitrogens with one attached hydrogen (secondary N) is 3. The van der Waals surface area contributed by atoms with Gasteiger partial charge in [-0.2, -0.15) is 5.10 Å². The van der Waals surface area contributed by atoms with E-state index in [4.69, 9.17) is 0 Å². The molecule has 7 nitrogen and oxygen atoms in total. The molecule has 8 heteroatoms. The summed E-state index contributed by atoms with van der Waals surface area (Å²) in [6, 6.07) is 0. The number of hydrogen-bond donors (Lipinski definition) is 3. The van der Waals surface area contributed by atoms with Crippen LogP contribution in [-0.4, -0.2) is 44.8 Å². The van der Waals surface area contributed by atoms with Crippen LogP contribution in [0.5, 0.6) is 0 Å². The number of sulfonamides is 1. The van der Waals surface area contributed by atoms with Gasteiger partial charge in [0.15, 0.2) is 5.03 Å². The Labute approximate surface area is 88.9 Å². The smallest absolute Gasteiger partial charge is 0.270 e. The average molecular weight is 233 g/mol. The largest absolute Gasteiger partial charge is 0.316 e. The third-order valence-corrected chi connectivity index (χ3v) is 3.11. The van der Waals surface area contributed by atoms with Gasteiger partial charge >= 0.3 is 0 Å². The molecule has 0 saturated heterocycles. The van der Waals surface area contributed by atoms with E-state index in [1.807, 2.05) is 0 Å². The summed E-state index contributed by atoms with van der Waals surface area (Å²) >= 11 is 0. The summed E-state index contributed by atoms with van der Waals surface area (Å²) in [5, 5.41) is 10.5. The lowest BCUT2D eigenvalue weighted by atomic mass is 10.4. The second-order valence-electron chi connectivity index (χ2n) is 3.24. The molecule has 3 N–H and O–H groups in total. The summed E-state index contributed by atoms with van der Waals surface area (Å²) in [7, 11) is 1.39. The highest BCUT2D eigenvalue weighted by atomic mass is 32.2. The van der Waals surface area contributed by atoms with E-state index < -0.39 is 10.0 Å². The maximum Gasteiger partial charge on any atom is 0.270 e. The summed E-state index contributed by atoms with van der Waals surface area (Å²) in [6.45, 7) is 0.445. The van der Waals surface area contributed by atoms with E-state index in [-0.39, 0.29) is 5.03 Å². The Balaban J connectivity index is 2.99. The van der Waals surface area contributed by atoms with Crippen molar-refractivity contribution in [3.63, 3.8) is 0 Å². The first-order chi connectivity index (χ1) is 6.97. The predicted octanol–water partition coefficient (Wildman–Crippen LogP) is -1.12. The summed E-state index contributed by atoms with van der Waals surface area (Å²) in [6.07, 6.45) is 1.49. The van der Waals surface area contributed by atoms with Crippen molar-refractivity contribution in [2.24, 2.45) is 0 Å². The fourth-order valence-electron chi connectivity index (χ4n) is 1.13. The van der Waals surface area contributed by atoms with Gasteiger partial charge < -0.3 is 5.32 Å². The van der Waals surface area contributed by atoms with Crippen molar-refractivity contribution in [3.05, 3.63) is 11.8 Å². The zero-order chi connectivity index (χ0) is 11.5.